The summed E-state index contributed by atoms with van der Waals surface area (Å²) in [6.45, 7) is 4.37. The second kappa shape index (κ2) is 11.7. The van der Waals surface area contributed by atoms with Crippen molar-refractivity contribution >= 4 is 35.1 Å². The Morgan fingerprint density at radius 3 is 2.54 bits per heavy atom. The summed E-state index contributed by atoms with van der Waals surface area (Å²) in [5.74, 6) is -0.0968. The van der Waals surface area contributed by atoms with Crippen molar-refractivity contribution in [3.05, 3.63) is 30.3 Å². The number of likely N-dealkylation sites (tertiary alicyclic amines) is 1. The zero-order valence-electron chi connectivity index (χ0n) is 20.5. The molecule has 9 heteroatoms. The lowest BCUT2D eigenvalue weighted by atomic mass is 9.83. The number of nitrogens with zero attached hydrogens (tertiary/aromatic N) is 3. The summed E-state index contributed by atoms with van der Waals surface area (Å²) in [7, 11) is 0. The fourth-order valence-corrected chi connectivity index (χ4v) is 5.69. The van der Waals surface area contributed by atoms with Crippen LogP contribution in [0.15, 0.2) is 30.3 Å². The van der Waals surface area contributed by atoms with Crippen LogP contribution in [0.1, 0.15) is 65.2 Å². The van der Waals surface area contributed by atoms with Crippen molar-refractivity contribution in [3.8, 4) is 10.4 Å². The molecule has 188 valence electrons. The minimum Gasteiger partial charge on any atom is -0.344 e. The van der Waals surface area contributed by atoms with Gasteiger partial charge in [0.15, 0.2) is 5.82 Å². The highest BCUT2D eigenvalue weighted by atomic mass is 32.1. The smallest absolute Gasteiger partial charge is 0.248 e. The second-order valence-corrected chi connectivity index (χ2v) is 10.4. The summed E-state index contributed by atoms with van der Waals surface area (Å²) in [5, 5.41) is 10.1. The van der Waals surface area contributed by atoms with E-state index >= 15 is 0 Å². The van der Waals surface area contributed by atoms with Gasteiger partial charge in [0.25, 0.3) is 0 Å². The van der Waals surface area contributed by atoms with Gasteiger partial charge in [-0.15, -0.1) is 5.10 Å². The SMILES string of the molecule is CC[C@@H](C)C(=O)N[C@H](C(=O)N1CCC[C@H]1C(=O)Nc1nnsc1-c1ccccc1)C1CCCCC1. The van der Waals surface area contributed by atoms with Crippen LogP contribution in [0.25, 0.3) is 10.4 Å². The molecule has 1 saturated heterocycles. The van der Waals surface area contributed by atoms with Crippen molar-refractivity contribution in [1.29, 1.82) is 0 Å². The van der Waals surface area contributed by atoms with Gasteiger partial charge in [-0.05, 0) is 55.1 Å². The van der Waals surface area contributed by atoms with Gasteiger partial charge in [-0.3, -0.25) is 14.4 Å². The van der Waals surface area contributed by atoms with E-state index in [0.717, 1.165) is 55.4 Å². The molecule has 1 aromatic carbocycles. The van der Waals surface area contributed by atoms with E-state index in [1.165, 1.54) is 11.5 Å². The Hall–Kier alpha value is -2.81. The first-order chi connectivity index (χ1) is 17.0. The van der Waals surface area contributed by atoms with Gasteiger partial charge in [-0.2, -0.15) is 0 Å². The number of aromatic nitrogens is 2. The highest BCUT2D eigenvalue weighted by Crippen LogP contribution is 2.32. The first-order valence-corrected chi connectivity index (χ1v) is 13.6. The van der Waals surface area contributed by atoms with Gasteiger partial charge in [0.1, 0.15) is 12.1 Å². The van der Waals surface area contributed by atoms with E-state index in [2.05, 4.69) is 20.2 Å². The summed E-state index contributed by atoms with van der Waals surface area (Å²) in [4.78, 5) is 42.4. The van der Waals surface area contributed by atoms with Gasteiger partial charge in [-0.25, -0.2) is 0 Å². The number of benzene rings is 1. The summed E-state index contributed by atoms with van der Waals surface area (Å²) >= 11 is 1.23. The first-order valence-electron chi connectivity index (χ1n) is 12.8. The van der Waals surface area contributed by atoms with Crippen LogP contribution >= 0.6 is 11.5 Å². The maximum absolute atomic E-state index is 13.8. The molecule has 1 aliphatic heterocycles. The number of hydrogen-bond acceptors (Lipinski definition) is 6. The molecular formula is C26H35N5O3S. The molecule has 0 radical (unpaired) electrons. The largest absolute Gasteiger partial charge is 0.344 e. The molecule has 3 atom stereocenters. The van der Waals surface area contributed by atoms with Crippen LogP contribution in [0, 0.1) is 11.8 Å². The molecule has 8 nitrogen and oxygen atoms in total. The normalized spacial score (nSPS) is 20.3. The minimum absolute atomic E-state index is 0.0855. The van der Waals surface area contributed by atoms with Gasteiger partial charge in [-0.1, -0.05) is 67.9 Å². The van der Waals surface area contributed by atoms with E-state index in [1.54, 1.807) is 4.90 Å². The van der Waals surface area contributed by atoms with Crippen LogP contribution in [-0.4, -0.2) is 50.8 Å². The average Bonchev–Trinajstić information content (AvgIpc) is 3.57. The molecule has 1 aromatic heterocycles. The Morgan fingerprint density at radius 2 is 1.83 bits per heavy atom. The van der Waals surface area contributed by atoms with Gasteiger partial charge >= 0.3 is 0 Å². The summed E-state index contributed by atoms with van der Waals surface area (Å²) in [5.41, 5.74) is 0.933. The Bertz CT molecular complexity index is 1020. The zero-order valence-corrected chi connectivity index (χ0v) is 21.4. The van der Waals surface area contributed by atoms with E-state index in [9.17, 15) is 14.4 Å². The van der Waals surface area contributed by atoms with E-state index in [0.29, 0.717) is 18.8 Å². The molecule has 0 bridgehead atoms. The van der Waals surface area contributed by atoms with Crippen molar-refractivity contribution < 1.29 is 14.4 Å². The third-order valence-corrected chi connectivity index (χ3v) is 8.12. The topological polar surface area (TPSA) is 104 Å². The molecular weight excluding hydrogens is 462 g/mol. The fourth-order valence-electron chi connectivity index (χ4n) is 5.06. The molecule has 1 aliphatic carbocycles. The third kappa shape index (κ3) is 5.89. The predicted molar refractivity (Wildman–Crippen MR) is 137 cm³/mol. The van der Waals surface area contributed by atoms with Crippen molar-refractivity contribution in [3.63, 3.8) is 0 Å². The standard InChI is InChI=1S/C26H35N5O3S/c1-3-17(2)24(32)27-21(18-11-6-4-7-12-18)26(34)31-16-10-15-20(31)25(33)28-23-22(35-30-29-23)19-13-8-5-9-14-19/h5,8-9,13-14,17-18,20-21H,3-4,6-7,10-12,15-16H2,1-2H3,(H,27,32)(H,28,33)/t17-,20+,21+/m1/s1. The van der Waals surface area contributed by atoms with Gasteiger partial charge < -0.3 is 15.5 Å². The molecule has 2 aromatic rings. The number of carbonyl (C=O) groups is 3. The number of anilines is 1. The van der Waals surface area contributed by atoms with Crippen LogP contribution in [0.4, 0.5) is 5.82 Å². The van der Waals surface area contributed by atoms with Crippen LogP contribution in [0.3, 0.4) is 0 Å². The highest BCUT2D eigenvalue weighted by molar-refractivity contribution is 7.10. The minimum atomic E-state index is -0.584. The molecule has 3 amide bonds. The molecule has 2 heterocycles. The molecule has 2 N–H and O–H groups in total. The predicted octanol–water partition coefficient (Wildman–Crippen LogP) is 4.25. The van der Waals surface area contributed by atoms with E-state index in [-0.39, 0.29) is 29.6 Å². The van der Waals surface area contributed by atoms with Crippen molar-refractivity contribution in [1.82, 2.24) is 19.8 Å². The number of rotatable bonds is 8. The molecule has 0 spiro atoms. The zero-order chi connectivity index (χ0) is 24.8. The Morgan fingerprint density at radius 1 is 1.09 bits per heavy atom. The van der Waals surface area contributed by atoms with Crippen molar-refractivity contribution in [2.75, 3.05) is 11.9 Å². The summed E-state index contributed by atoms with van der Waals surface area (Å²) < 4.78 is 4.03. The maximum atomic E-state index is 13.8. The second-order valence-electron chi connectivity index (χ2n) is 9.69. The number of hydrogen-bond donors (Lipinski definition) is 2. The lowest BCUT2D eigenvalue weighted by molar-refractivity contribution is -0.142. The summed E-state index contributed by atoms with van der Waals surface area (Å²) in [6.07, 6.45) is 7.20. The van der Waals surface area contributed by atoms with E-state index < -0.39 is 12.1 Å². The number of nitrogens with one attached hydrogen (secondary N) is 2. The maximum Gasteiger partial charge on any atom is 0.248 e. The number of carbonyl (C=O) groups excluding carboxylic acids is 3. The summed E-state index contributed by atoms with van der Waals surface area (Å²) in [6, 6.07) is 8.52. The van der Waals surface area contributed by atoms with E-state index in [4.69, 9.17) is 0 Å². The third-order valence-electron chi connectivity index (χ3n) is 7.35. The fraction of sp³-hybridized carbons (Fsp3) is 0.577. The van der Waals surface area contributed by atoms with Crippen LogP contribution in [0.5, 0.6) is 0 Å². The average molecular weight is 498 g/mol. The van der Waals surface area contributed by atoms with Crippen LogP contribution in [0.2, 0.25) is 0 Å². The molecule has 1 saturated carbocycles. The van der Waals surface area contributed by atoms with Gasteiger partial charge in [0.2, 0.25) is 17.7 Å². The van der Waals surface area contributed by atoms with Gasteiger partial charge in [0, 0.05) is 12.5 Å². The number of amides is 3. The lowest BCUT2D eigenvalue weighted by Gasteiger charge is -2.35. The molecule has 2 aliphatic rings. The molecule has 4 rings (SSSR count). The van der Waals surface area contributed by atoms with Crippen molar-refractivity contribution in [2.24, 2.45) is 11.8 Å². The molecule has 35 heavy (non-hydrogen) atoms. The molecule has 2 fully saturated rings. The Kier molecular flexibility index (Phi) is 8.49. The van der Waals surface area contributed by atoms with E-state index in [1.807, 2.05) is 44.2 Å². The highest BCUT2D eigenvalue weighted by Gasteiger charge is 2.41. The monoisotopic (exact) mass is 497 g/mol. The Balaban J connectivity index is 1.50. The first kappa shape index (κ1) is 25.3. The van der Waals surface area contributed by atoms with Crippen molar-refractivity contribution in [2.45, 2.75) is 77.3 Å². The Labute approximate surface area is 211 Å². The van der Waals surface area contributed by atoms with Crippen LogP contribution in [-0.2, 0) is 14.4 Å². The lowest BCUT2D eigenvalue weighted by Crippen LogP contribution is -2.56. The van der Waals surface area contributed by atoms with Gasteiger partial charge in [0.05, 0.1) is 4.88 Å². The molecule has 0 unspecified atom stereocenters. The van der Waals surface area contributed by atoms with Crippen LogP contribution < -0.4 is 10.6 Å². The quantitative estimate of drug-likeness (QED) is 0.568.